The van der Waals surface area contributed by atoms with Gasteiger partial charge >= 0.3 is 7.75 Å². The van der Waals surface area contributed by atoms with E-state index in [9.17, 15) is 4.57 Å². The van der Waals surface area contributed by atoms with Gasteiger partial charge in [-0.1, -0.05) is 39.8 Å². The molecule has 0 spiro atoms. The molecule has 0 fully saturated rings. The summed E-state index contributed by atoms with van der Waals surface area (Å²) in [7, 11) is -1.76. The van der Waals surface area contributed by atoms with E-state index < -0.39 is 7.75 Å². The maximum atomic E-state index is 12.3. The van der Waals surface area contributed by atoms with Gasteiger partial charge < -0.3 is 4.52 Å². The number of hydrogen-bond acceptors (Lipinski definition) is 3. The normalized spacial score (nSPS) is 35.7. The van der Waals surface area contributed by atoms with Crippen molar-refractivity contribution in [1.29, 1.82) is 0 Å². The van der Waals surface area contributed by atoms with Gasteiger partial charge in [-0.3, -0.25) is 4.52 Å². The molecule has 0 amide bonds. The molecule has 1 heterocycles. The van der Waals surface area contributed by atoms with E-state index >= 15 is 0 Å². The molecule has 0 aliphatic carbocycles. The van der Waals surface area contributed by atoms with Crippen LogP contribution in [-0.2, 0) is 13.6 Å². The Morgan fingerprint density at radius 2 is 1.88 bits per heavy atom. The van der Waals surface area contributed by atoms with Gasteiger partial charge in [0.05, 0.1) is 6.10 Å². The van der Waals surface area contributed by atoms with Crippen LogP contribution in [0.3, 0.4) is 0 Å². The van der Waals surface area contributed by atoms with Crippen LogP contribution >= 0.6 is 7.75 Å². The first kappa shape index (κ1) is 13.9. The Morgan fingerprint density at radius 1 is 1.25 bits per heavy atom. The topological polar surface area (TPSA) is 47.6 Å². The Morgan fingerprint density at radius 3 is 2.31 bits per heavy atom. The summed E-state index contributed by atoms with van der Waals surface area (Å²) in [4.78, 5) is 0. The highest BCUT2D eigenvalue weighted by atomic mass is 31.2. The zero-order chi connectivity index (χ0) is 12.3. The van der Waals surface area contributed by atoms with Crippen LogP contribution in [0.5, 0.6) is 0 Å². The van der Waals surface area contributed by atoms with E-state index in [0.29, 0.717) is 5.92 Å². The Kier molecular flexibility index (Phi) is 4.74. The SMILES string of the molecule is COP1(=O)N[C@@H](C(C)C)C=C[C@H](C(C)C)O1. The van der Waals surface area contributed by atoms with Gasteiger partial charge in [0.25, 0.3) is 0 Å². The van der Waals surface area contributed by atoms with Gasteiger partial charge in [-0.15, -0.1) is 0 Å². The molecule has 1 rings (SSSR count). The molecule has 0 aromatic carbocycles. The van der Waals surface area contributed by atoms with Gasteiger partial charge in [-0.2, -0.15) is 0 Å². The number of nitrogens with one attached hydrogen (secondary N) is 1. The fourth-order valence-electron chi connectivity index (χ4n) is 1.49. The van der Waals surface area contributed by atoms with Crippen LogP contribution in [0.4, 0.5) is 0 Å². The van der Waals surface area contributed by atoms with Crippen LogP contribution in [0.25, 0.3) is 0 Å². The van der Waals surface area contributed by atoms with Crippen molar-refractivity contribution < 1.29 is 13.6 Å². The second kappa shape index (κ2) is 5.46. The van der Waals surface area contributed by atoms with Gasteiger partial charge in [0.2, 0.25) is 0 Å². The van der Waals surface area contributed by atoms with Gasteiger partial charge in [0.1, 0.15) is 0 Å². The van der Waals surface area contributed by atoms with Crippen LogP contribution in [0.15, 0.2) is 12.2 Å². The monoisotopic (exact) mass is 247 g/mol. The lowest BCUT2D eigenvalue weighted by Gasteiger charge is -2.24. The molecular formula is C11H22NO3P. The van der Waals surface area contributed by atoms with Crippen LogP contribution in [-0.4, -0.2) is 19.3 Å². The molecular weight excluding hydrogens is 225 g/mol. The van der Waals surface area contributed by atoms with Crippen molar-refractivity contribution >= 4 is 7.75 Å². The van der Waals surface area contributed by atoms with Crippen molar-refractivity contribution in [2.45, 2.75) is 39.8 Å². The molecule has 1 N–H and O–H groups in total. The van der Waals surface area contributed by atoms with Crippen molar-refractivity contribution in [2.75, 3.05) is 7.11 Å². The highest BCUT2D eigenvalue weighted by molar-refractivity contribution is 7.51. The summed E-state index contributed by atoms with van der Waals surface area (Å²) in [6, 6.07) is 0.0227. The van der Waals surface area contributed by atoms with Crippen LogP contribution in [0.2, 0.25) is 0 Å². The summed E-state index contributed by atoms with van der Waals surface area (Å²) in [5.74, 6) is 0.613. The summed E-state index contributed by atoms with van der Waals surface area (Å²) in [5.41, 5.74) is 0. The number of hydrogen-bond donors (Lipinski definition) is 1. The standard InChI is InChI=1S/C11H22NO3P/c1-8(2)10-6-7-11(9(3)4)15-16(13,12-10)14-5/h6-11H,1-5H3,(H,12,13)/t10-,11-,16?/m1/s1. The molecule has 0 saturated heterocycles. The molecule has 1 aliphatic heterocycles. The minimum absolute atomic E-state index is 0.0227. The Hall–Kier alpha value is -0.150. The smallest absolute Gasteiger partial charge is 0.300 e. The summed E-state index contributed by atoms with van der Waals surface area (Å²) >= 11 is 0. The zero-order valence-electron chi connectivity index (χ0n) is 10.6. The maximum absolute atomic E-state index is 12.3. The van der Waals surface area contributed by atoms with Crippen molar-refractivity contribution in [3.63, 3.8) is 0 Å². The van der Waals surface area contributed by atoms with Gasteiger partial charge in [0, 0.05) is 13.2 Å². The van der Waals surface area contributed by atoms with Crippen molar-refractivity contribution in [2.24, 2.45) is 11.8 Å². The van der Waals surface area contributed by atoms with Crippen molar-refractivity contribution in [3.8, 4) is 0 Å². The maximum Gasteiger partial charge on any atom is 0.406 e. The molecule has 3 atom stereocenters. The third-order valence-corrected chi connectivity index (χ3v) is 4.31. The van der Waals surface area contributed by atoms with Crippen LogP contribution < -0.4 is 5.09 Å². The first-order valence-electron chi connectivity index (χ1n) is 5.68. The molecule has 0 saturated carbocycles. The molecule has 0 bridgehead atoms. The van der Waals surface area contributed by atoms with E-state index in [1.54, 1.807) is 0 Å². The summed E-state index contributed by atoms with van der Waals surface area (Å²) in [6.07, 6.45) is 3.83. The molecule has 0 aromatic rings. The van der Waals surface area contributed by atoms with E-state index in [2.05, 4.69) is 18.9 Å². The number of rotatable bonds is 3. The fourth-order valence-corrected chi connectivity index (χ4v) is 3.13. The second-order valence-corrected chi connectivity index (χ2v) is 6.61. The average molecular weight is 247 g/mol. The summed E-state index contributed by atoms with van der Waals surface area (Å²) in [6.45, 7) is 8.20. The molecule has 0 radical (unpaired) electrons. The Bertz CT molecular complexity index is 278. The predicted octanol–water partition coefficient (Wildman–Crippen LogP) is 2.97. The molecule has 0 aromatic heterocycles. The highest BCUT2D eigenvalue weighted by Gasteiger charge is 2.33. The minimum atomic E-state index is -3.17. The van der Waals surface area contributed by atoms with Crippen LogP contribution in [0, 0.1) is 11.8 Å². The van der Waals surface area contributed by atoms with E-state index in [1.165, 1.54) is 7.11 Å². The molecule has 1 unspecified atom stereocenters. The molecule has 5 heteroatoms. The van der Waals surface area contributed by atoms with E-state index in [4.69, 9.17) is 9.05 Å². The lowest BCUT2D eigenvalue weighted by Crippen LogP contribution is -2.29. The molecule has 4 nitrogen and oxygen atoms in total. The predicted molar refractivity (Wildman–Crippen MR) is 65.2 cm³/mol. The quantitative estimate of drug-likeness (QED) is 0.615. The lowest BCUT2D eigenvalue weighted by atomic mass is 10.0. The lowest BCUT2D eigenvalue weighted by molar-refractivity contribution is 0.154. The van der Waals surface area contributed by atoms with Gasteiger partial charge in [0.15, 0.2) is 0 Å². The minimum Gasteiger partial charge on any atom is -0.300 e. The Labute approximate surface area is 98.0 Å². The third kappa shape index (κ3) is 3.42. The van der Waals surface area contributed by atoms with Crippen molar-refractivity contribution in [3.05, 3.63) is 12.2 Å². The summed E-state index contributed by atoms with van der Waals surface area (Å²) in [5, 5.41) is 2.95. The third-order valence-electron chi connectivity index (χ3n) is 2.69. The van der Waals surface area contributed by atoms with Gasteiger partial charge in [-0.05, 0) is 11.8 Å². The first-order chi connectivity index (χ1) is 7.38. The Balaban J connectivity index is 2.91. The zero-order valence-corrected chi connectivity index (χ0v) is 11.5. The summed E-state index contributed by atoms with van der Waals surface area (Å²) < 4.78 is 22.8. The highest BCUT2D eigenvalue weighted by Crippen LogP contribution is 2.47. The van der Waals surface area contributed by atoms with E-state index in [0.717, 1.165) is 0 Å². The molecule has 16 heavy (non-hydrogen) atoms. The second-order valence-electron chi connectivity index (χ2n) is 4.78. The fraction of sp³-hybridized carbons (Fsp3) is 0.818. The van der Waals surface area contributed by atoms with Gasteiger partial charge in [-0.25, -0.2) is 9.65 Å². The van der Waals surface area contributed by atoms with E-state index in [1.807, 2.05) is 26.0 Å². The molecule has 94 valence electrons. The van der Waals surface area contributed by atoms with E-state index in [-0.39, 0.29) is 18.1 Å². The largest absolute Gasteiger partial charge is 0.406 e. The average Bonchev–Trinajstić information content (AvgIpc) is 2.38. The first-order valence-corrected chi connectivity index (χ1v) is 7.22. The molecule has 1 aliphatic rings. The van der Waals surface area contributed by atoms with Crippen LogP contribution in [0.1, 0.15) is 27.7 Å². The van der Waals surface area contributed by atoms with Crippen molar-refractivity contribution in [1.82, 2.24) is 5.09 Å².